The molecule has 0 aliphatic rings. The Morgan fingerprint density at radius 1 is 1.62 bits per heavy atom. The van der Waals surface area contributed by atoms with Crippen molar-refractivity contribution in [1.29, 1.82) is 0 Å². The molecule has 1 atom stereocenters. The van der Waals surface area contributed by atoms with Crippen LogP contribution in [0.3, 0.4) is 0 Å². The van der Waals surface area contributed by atoms with E-state index in [0.717, 1.165) is 6.07 Å². The molecule has 0 bridgehead atoms. The number of allylic oxidation sites excluding steroid dienone is 1. The molecule has 0 amide bonds. The van der Waals surface area contributed by atoms with Gasteiger partial charge in [-0.05, 0) is 24.5 Å². The van der Waals surface area contributed by atoms with Gasteiger partial charge in [0.1, 0.15) is 0 Å². The molecule has 1 aromatic carbocycles. The van der Waals surface area contributed by atoms with Gasteiger partial charge in [0.05, 0.1) is 4.92 Å². The zero-order valence-corrected chi connectivity index (χ0v) is 8.73. The van der Waals surface area contributed by atoms with E-state index < -0.39 is 16.4 Å². The molecule has 1 aromatic rings. The first-order valence-electron chi connectivity index (χ1n) is 4.86. The van der Waals surface area contributed by atoms with Crippen LogP contribution in [-0.2, 0) is 0 Å². The molecule has 0 unspecified atom stereocenters. The molecule has 0 heterocycles. The first-order chi connectivity index (χ1) is 7.56. The summed E-state index contributed by atoms with van der Waals surface area (Å²) in [6.45, 7) is 3.56. The monoisotopic (exact) mass is 224 g/mol. The van der Waals surface area contributed by atoms with Crippen LogP contribution in [-0.4, -0.2) is 4.92 Å². The lowest BCUT2D eigenvalue weighted by Crippen LogP contribution is -2.10. The van der Waals surface area contributed by atoms with E-state index in [1.165, 1.54) is 12.1 Å². The highest BCUT2D eigenvalue weighted by atomic mass is 19.1. The fraction of sp³-hybridized carbons (Fsp3) is 0.273. The van der Waals surface area contributed by atoms with Crippen LogP contribution in [0.5, 0.6) is 0 Å². The van der Waals surface area contributed by atoms with Gasteiger partial charge in [0.2, 0.25) is 5.82 Å². The van der Waals surface area contributed by atoms with Crippen molar-refractivity contribution in [3.8, 4) is 0 Å². The summed E-state index contributed by atoms with van der Waals surface area (Å²) in [7, 11) is 0. The molecule has 2 N–H and O–H groups in total. The summed E-state index contributed by atoms with van der Waals surface area (Å²) in [5.41, 5.74) is 5.84. The van der Waals surface area contributed by atoms with Crippen LogP contribution in [0.4, 0.5) is 10.1 Å². The van der Waals surface area contributed by atoms with E-state index in [4.69, 9.17) is 5.73 Å². The van der Waals surface area contributed by atoms with Gasteiger partial charge in [-0.1, -0.05) is 12.1 Å². The molecular weight excluding hydrogens is 211 g/mol. The van der Waals surface area contributed by atoms with Gasteiger partial charge in [0.15, 0.2) is 0 Å². The maximum atomic E-state index is 13.0. The van der Waals surface area contributed by atoms with Gasteiger partial charge in [-0.3, -0.25) is 10.1 Å². The second kappa shape index (κ2) is 5.37. The molecule has 4 nitrogen and oxygen atoms in total. The Balaban J connectivity index is 2.93. The topological polar surface area (TPSA) is 69.2 Å². The molecule has 16 heavy (non-hydrogen) atoms. The average Bonchev–Trinajstić information content (AvgIpc) is 2.26. The Morgan fingerprint density at radius 2 is 2.31 bits per heavy atom. The van der Waals surface area contributed by atoms with E-state index in [2.05, 4.69) is 6.58 Å². The second-order valence-corrected chi connectivity index (χ2v) is 3.44. The first kappa shape index (κ1) is 12.3. The third-order valence-electron chi connectivity index (χ3n) is 2.28. The van der Waals surface area contributed by atoms with Gasteiger partial charge < -0.3 is 5.73 Å². The Bertz CT molecular complexity index is 407. The van der Waals surface area contributed by atoms with Gasteiger partial charge in [0, 0.05) is 12.1 Å². The van der Waals surface area contributed by atoms with Crippen molar-refractivity contribution < 1.29 is 9.31 Å². The van der Waals surface area contributed by atoms with Gasteiger partial charge in [-0.2, -0.15) is 4.39 Å². The molecule has 1 rings (SSSR count). The van der Waals surface area contributed by atoms with Gasteiger partial charge in [-0.15, -0.1) is 6.58 Å². The van der Waals surface area contributed by atoms with E-state index in [0.29, 0.717) is 18.4 Å². The average molecular weight is 224 g/mol. The van der Waals surface area contributed by atoms with E-state index in [1.807, 2.05) is 0 Å². The second-order valence-electron chi connectivity index (χ2n) is 3.44. The Labute approximate surface area is 92.7 Å². The minimum atomic E-state index is -0.843. The summed E-state index contributed by atoms with van der Waals surface area (Å²) >= 11 is 0. The molecule has 0 saturated heterocycles. The number of nitrogens with zero attached hydrogens (tertiary/aromatic N) is 1. The molecule has 0 aromatic heterocycles. The zero-order chi connectivity index (χ0) is 12.1. The maximum Gasteiger partial charge on any atom is 0.305 e. The van der Waals surface area contributed by atoms with Crippen molar-refractivity contribution in [1.82, 2.24) is 0 Å². The molecule has 0 saturated carbocycles. The molecule has 0 aliphatic carbocycles. The third kappa shape index (κ3) is 2.87. The van der Waals surface area contributed by atoms with Crippen LogP contribution >= 0.6 is 0 Å². The van der Waals surface area contributed by atoms with Crippen LogP contribution < -0.4 is 5.73 Å². The number of nitrogens with two attached hydrogens (primary N) is 1. The van der Waals surface area contributed by atoms with Crippen molar-refractivity contribution in [3.05, 3.63) is 52.3 Å². The van der Waals surface area contributed by atoms with Crippen molar-refractivity contribution in [2.45, 2.75) is 18.9 Å². The minimum absolute atomic E-state index is 0.336. The van der Waals surface area contributed by atoms with Crippen molar-refractivity contribution in [2.75, 3.05) is 0 Å². The predicted octanol–water partition coefficient (Wildman–Crippen LogP) is 2.70. The summed E-state index contributed by atoms with van der Waals surface area (Å²) < 4.78 is 13.0. The molecular formula is C11H13FN2O2. The fourth-order valence-corrected chi connectivity index (χ4v) is 1.36. The zero-order valence-electron chi connectivity index (χ0n) is 8.73. The summed E-state index contributed by atoms with van der Waals surface area (Å²) in [4.78, 5) is 9.77. The third-order valence-corrected chi connectivity index (χ3v) is 2.28. The van der Waals surface area contributed by atoms with Crippen LogP contribution in [0.25, 0.3) is 0 Å². The number of nitro groups is 1. The van der Waals surface area contributed by atoms with Crippen LogP contribution in [0.2, 0.25) is 0 Å². The van der Waals surface area contributed by atoms with Crippen molar-refractivity contribution in [3.63, 3.8) is 0 Å². The lowest BCUT2D eigenvalue weighted by molar-refractivity contribution is -0.387. The standard InChI is InChI=1S/C11H13FN2O2/c1-2-3-4-10(13)8-5-6-9(12)11(7-8)14(15)16/h2,5-7,10H,1,3-4,13H2/t10-/m0/s1. The summed E-state index contributed by atoms with van der Waals surface area (Å²) in [6.07, 6.45) is 3.07. The highest BCUT2D eigenvalue weighted by molar-refractivity contribution is 5.37. The Hall–Kier alpha value is -1.75. The van der Waals surface area contributed by atoms with Crippen LogP contribution in [0.15, 0.2) is 30.9 Å². The number of halogens is 1. The highest BCUT2D eigenvalue weighted by Gasteiger charge is 2.16. The van der Waals surface area contributed by atoms with Crippen molar-refractivity contribution in [2.24, 2.45) is 5.73 Å². The van der Waals surface area contributed by atoms with E-state index >= 15 is 0 Å². The lowest BCUT2D eigenvalue weighted by atomic mass is 10.0. The summed E-state index contributed by atoms with van der Waals surface area (Å²) in [5.74, 6) is -0.843. The first-order valence-corrected chi connectivity index (χ1v) is 4.86. The highest BCUT2D eigenvalue weighted by Crippen LogP contribution is 2.23. The van der Waals surface area contributed by atoms with Gasteiger partial charge in [-0.25, -0.2) is 0 Å². The molecule has 0 aliphatic heterocycles. The summed E-state index contributed by atoms with van der Waals surface area (Å²) in [6, 6.07) is 3.39. The van der Waals surface area contributed by atoms with Gasteiger partial charge >= 0.3 is 5.69 Å². The molecule has 0 fully saturated rings. The SMILES string of the molecule is C=CCC[C@H](N)c1ccc(F)c([N+](=O)[O-])c1. The largest absolute Gasteiger partial charge is 0.324 e. The summed E-state index contributed by atoms with van der Waals surface area (Å²) in [5, 5.41) is 10.5. The molecule has 86 valence electrons. The molecule has 0 radical (unpaired) electrons. The van der Waals surface area contributed by atoms with E-state index in [1.54, 1.807) is 6.08 Å². The Morgan fingerprint density at radius 3 is 2.88 bits per heavy atom. The number of nitro benzene ring substituents is 1. The number of hydrogen-bond acceptors (Lipinski definition) is 3. The lowest BCUT2D eigenvalue weighted by Gasteiger charge is -2.10. The quantitative estimate of drug-likeness (QED) is 0.475. The predicted molar refractivity (Wildman–Crippen MR) is 59.4 cm³/mol. The number of hydrogen-bond donors (Lipinski definition) is 1. The molecule has 0 spiro atoms. The number of rotatable bonds is 5. The molecule has 5 heteroatoms. The maximum absolute atomic E-state index is 13.0. The van der Waals surface area contributed by atoms with E-state index in [-0.39, 0.29) is 6.04 Å². The number of benzene rings is 1. The fourth-order valence-electron chi connectivity index (χ4n) is 1.36. The van der Waals surface area contributed by atoms with Crippen molar-refractivity contribution >= 4 is 5.69 Å². The normalized spacial score (nSPS) is 12.1. The van der Waals surface area contributed by atoms with Crippen LogP contribution in [0, 0.1) is 15.9 Å². The minimum Gasteiger partial charge on any atom is -0.324 e. The van der Waals surface area contributed by atoms with Crippen LogP contribution in [0.1, 0.15) is 24.4 Å². The Kier molecular flexibility index (Phi) is 4.13. The van der Waals surface area contributed by atoms with Gasteiger partial charge in [0.25, 0.3) is 0 Å². The smallest absolute Gasteiger partial charge is 0.305 e. The van der Waals surface area contributed by atoms with E-state index in [9.17, 15) is 14.5 Å².